The van der Waals surface area contributed by atoms with Crippen LogP contribution in [0.4, 0.5) is 0 Å². The summed E-state index contributed by atoms with van der Waals surface area (Å²) < 4.78 is 5.27. The number of hydrogen-bond acceptors (Lipinski definition) is 3. The van der Waals surface area contributed by atoms with E-state index in [0.29, 0.717) is 18.7 Å². The van der Waals surface area contributed by atoms with Gasteiger partial charge in [-0.05, 0) is 31.5 Å². The largest absolute Gasteiger partial charge is 0.380 e. The molecular formula is C15H23IN4O. The first-order valence-corrected chi connectivity index (χ1v) is 6.89. The van der Waals surface area contributed by atoms with Gasteiger partial charge in [-0.15, -0.1) is 24.0 Å². The molecule has 1 aromatic carbocycles. The quantitative estimate of drug-likeness (QED) is 0.318. The third-order valence-electron chi connectivity index (χ3n) is 2.59. The van der Waals surface area contributed by atoms with Crippen LogP contribution in [-0.4, -0.2) is 32.3 Å². The highest BCUT2D eigenvalue weighted by atomic mass is 127. The summed E-state index contributed by atoms with van der Waals surface area (Å²) in [7, 11) is 0. The van der Waals surface area contributed by atoms with E-state index < -0.39 is 0 Å². The van der Waals surface area contributed by atoms with Gasteiger partial charge in [0, 0.05) is 19.7 Å². The predicted octanol–water partition coefficient (Wildman–Crippen LogP) is 2.27. The lowest BCUT2D eigenvalue weighted by atomic mass is 10.1. The van der Waals surface area contributed by atoms with E-state index in [1.54, 1.807) is 12.1 Å². The van der Waals surface area contributed by atoms with Crippen molar-refractivity contribution in [2.24, 2.45) is 4.99 Å². The molecular weight excluding hydrogens is 379 g/mol. The van der Waals surface area contributed by atoms with Crippen molar-refractivity contribution in [3.63, 3.8) is 0 Å². The number of rotatable bonds is 7. The normalized spacial score (nSPS) is 10.4. The number of hydrogen-bond donors (Lipinski definition) is 2. The van der Waals surface area contributed by atoms with Gasteiger partial charge in [0.1, 0.15) is 0 Å². The van der Waals surface area contributed by atoms with Crippen molar-refractivity contribution in [2.45, 2.75) is 20.4 Å². The lowest BCUT2D eigenvalue weighted by Crippen LogP contribution is -2.39. The molecule has 2 N–H and O–H groups in total. The maximum absolute atomic E-state index is 8.75. The molecule has 0 aliphatic carbocycles. The fourth-order valence-corrected chi connectivity index (χ4v) is 1.58. The number of nitriles is 1. The molecule has 0 unspecified atom stereocenters. The standard InChI is InChI=1S/C15H22N4O.HI/c1-3-17-15(18-9-10-20-4-2)19-12-14-7-5-13(11-16)6-8-14;/h5-8H,3-4,9-10,12H2,1-2H3,(H2,17,18,19);1H. The van der Waals surface area contributed by atoms with Gasteiger partial charge in [-0.3, -0.25) is 0 Å². The monoisotopic (exact) mass is 402 g/mol. The van der Waals surface area contributed by atoms with E-state index in [2.05, 4.69) is 21.7 Å². The lowest BCUT2D eigenvalue weighted by molar-refractivity contribution is 0.152. The fourth-order valence-electron chi connectivity index (χ4n) is 1.58. The van der Waals surface area contributed by atoms with Crippen LogP contribution in [0.25, 0.3) is 0 Å². The summed E-state index contributed by atoms with van der Waals surface area (Å²) in [6, 6.07) is 9.56. The molecule has 0 heterocycles. The molecule has 0 fully saturated rings. The Labute approximate surface area is 143 Å². The number of nitrogens with zero attached hydrogens (tertiary/aromatic N) is 2. The minimum absolute atomic E-state index is 0. The third-order valence-corrected chi connectivity index (χ3v) is 2.59. The van der Waals surface area contributed by atoms with Crippen LogP contribution in [0.3, 0.4) is 0 Å². The Kier molecular flexibility index (Phi) is 11.6. The summed E-state index contributed by atoms with van der Waals surface area (Å²) in [5.41, 5.74) is 1.74. The Morgan fingerprint density at radius 1 is 1.24 bits per heavy atom. The van der Waals surface area contributed by atoms with Gasteiger partial charge in [0.05, 0.1) is 24.8 Å². The third kappa shape index (κ3) is 8.52. The average molecular weight is 402 g/mol. The highest BCUT2D eigenvalue weighted by Gasteiger charge is 1.97. The molecule has 0 aliphatic heterocycles. The first-order chi connectivity index (χ1) is 9.80. The fraction of sp³-hybridized carbons (Fsp3) is 0.467. The number of nitrogens with one attached hydrogen (secondary N) is 2. The highest BCUT2D eigenvalue weighted by molar-refractivity contribution is 14.0. The van der Waals surface area contributed by atoms with Gasteiger partial charge < -0.3 is 15.4 Å². The van der Waals surface area contributed by atoms with Crippen molar-refractivity contribution >= 4 is 29.9 Å². The molecule has 1 aromatic rings. The molecule has 0 aliphatic rings. The van der Waals surface area contributed by atoms with E-state index in [4.69, 9.17) is 10.00 Å². The van der Waals surface area contributed by atoms with Crippen LogP contribution < -0.4 is 10.6 Å². The van der Waals surface area contributed by atoms with Gasteiger partial charge in [-0.2, -0.15) is 5.26 Å². The van der Waals surface area contributed by atoms with Crippen molar-refractivity contribution < 1.29 is 4.74 Å². The van der Waals surface area contributed by atoms with E-state index in [-0.39, 0.29) is 24.0 Å². The Hall–Kier alpha value is -1.33. The van der Waals surface area contributed by atoms with Crippen molar-refractivity contribution in [3.8, 4) is 6.07 Å². The Morgan fingerprint density at radius 2 is 1.95 bits per heavy atom. The van der Waals surface area contributed by atoms with E-state index in [1.165, 1.54) is 0 Å². The van der Waals surface area contributed by atoms with Gasteiger partial charge in [-0.25, -0.2) is 4.99 Å². The molecule has 116 valence electrons. The maximum Gasteiger partial charge on any atom is 0.191 e. The maximum atomic E-state index is 8.75. The second-order valence-electron chi connectivity index (χ2n) is 4.13. The van der Waals surface area contributed by atoms with Crippen LogP contribution in [0.2, 0.25) is 0 Å². The van der Waals surface area contributed by atoms with Crippen molar-refractivity contribution in [3.05, 3.63) is 35.4 Å². The van der Waals surface area contributed by atoms with Crippen molar-refractivity contribution in [1.82, 2.24) is 10.6 Å². The van der Waals surface area contributed by atoms with Crippen LogP contribution in [0, 0.1) is 11.3 Å². The van der Waals surface area contributed by atoms with Crippen molar-refractivity contribution in [1.29, 1.82) is 5.26 Å². The predicted molar refractivity (Wildman–Crippen MR) is 95.9 cm³/mol. The topological polar surface area (TPSA) is 69.4 Å². The molecule has 0 amide bonds. The molecule has 21 heavy (non-hydrogen) atoms. The summed E-state index contributed by atoms with van der Waals surface area (Å²) in [5, 5.41) is 15.1. The molecule has 0 bridgehead atoms. The highest BCUT2D eigenvalue weighted by Crippen LogP contribution is 2.04. The summed E-state index contributed by atoms with van der Waals surface area (Å²) in [4.78, 5) is 4.49. The Balaban J connectivity index is 0.00000400. The zero-order valence-corrected chi connectivity index (χ0v) is 14.9. The molecule has 0 radical (unpaired) electrons. The number of ether oxygens (including phenoxy) is 1. The summed E-state index contributed by atoms with van der Waals surface area (Å²) in [5.74, 6) is 0.775. The van der Waals surface area contributed by atoms with Gasteiger partial charge >= 0.3 is 0 Å². The Morgan fingerprint density at radius 3 is 2.52 bits per heavy atom. The van der Waals surface area contributed by atoms with Crippen LogP contribution in [0.15, 0.2) is 29.3 Å². The molecule has 0 saturated carbocycles. The van der Waals surface area contributed by atoms with Crippen molar-refractivity contribution in [2.75, 3.05) is 26.3 Å². The van der Waals surface area contributed by atoms with Crippen LogP contribution >= 0.6 is 24.0 Å². The molecule has 5 nitrogen and oxygen atoms in total. The minimum Gasteiger partial charge on any atom is -0.380 e. The molecule has 1 rings (SSSR count). The summed E-state index contributed by atoms with van der Waals surface area (Å²) in [6.07, 6.45) is 0. The molecule has 0 saturated heterocycles. The molecule has 0 atom stereocenters. The van der Waals surface area contributed by atoms with Crippen LogP contribution in [0.1, 0.15) is 25.0 Å². The van der Waals surface area contributed by atoms with E-state index in [1.807, 2.05) is 26.0 Å². The number of guanidine groups is 1. The van der Waals surface area contributed by atoms with E-state index in [9.17, 15) is 0 Å². The zero-order valence-electron chi connectivity index (χ0n) is 12.6. The zero-order chi connectivity index (χ0) is 14.6. The Bertz CT molecular complexity index is 454. The van der Waals surface area contributed by atoms with E-state index in [0.717, 1.165) is 31.2 Å². The number of halogens is 1. The lowest BCUT2D eigenvalue weighted by Gasteiger charge is -2.11. The first-order valence-electron chi connectivity index (χ1n) is 6.89. The molecule has 6 heteroatoms. The summed E-state index contributed by atoms with van der Waals surface area (Å²) >= 11 is 0. The number of benzene rings is 1. The SMILES string of the molecule is CCNC(=NCc1ccc(C#N)cc1)NCCOCC.I. The van der Waals surface area contributed by atoms with Crippen LogP contribution in [-0.2, 0) is 11.3 Å². The van der Waals surface area contributed by atoms with Gasteiger partial charge in [-0.1, -0.05) is 12.1 Å². The summed E-state index contributed by atoms with van der Waals surface area (Å²) in [6.45, 7) is 7.51. The average Bonchev–Trinajstić information content (AvgIpc) is 2.49. The van der Waals surface area contributed by atoms with Gasteiger partial charge in [0.15, 0.2) is 5.96 Å². The van der Waals surface area contributed by atoms with E-state index >= 15 is 0 Å². The second kappa shape index (κ2) is 12.4. The van der Waals surface area contributed by atoms with Gasteiger partial charge in [0.25, 0.3) is 0 Å². The van der Waals surface area contributed by atoms with Gasteiger partial charge in [0.2, 0.25) is 0 Å². The number of aliphatic imine (C=N–C) groups is 1. The molecule has 0 spiro atoms. The van der Waals surface area contributed by atoms with Crippen LogP contribution in [0.5, 0.6) is 0 Å². The first kappa shape index (κ1) is 19.7. The minimum atomic E-state index is 0. The smallest absolute Gasteiger partial charge is 0.191 e. The second-order valence-corrected chi connectivity index (χ2v) is 4.13. The molecule has 0 aromatic heterocycles.